The van der Waals surface area contributed by atoms with Crippen molar-refractivity contribution in [2.45, 2.75) is 19.0 Å². The first kappa shape index (κ1) is 20.4. The summed E-state index contributed by atoms with van der Waals surface area (Å²) in [7, 11) is 0. The highest BCUT2D eigenvalue weighted by molar-refractivity contribution is 9.10. The Bertz CT molecular complexity index is 1300. The number of rotatable bonds is 5. The number of aromatic amines is 1. The first-order valence-corrected chi connectivity index (χ1v) is 10.9. The predicted octanol–water partition coefficient (Wildman–Crippen LogP) is 4.22. The minimum absolute atomic E-state index is 0.113. The SMILES string of the molecule is Cc1cccc(-n2ncc3c(=O)[nH]c(SCC(=O)Nc4ccc(Br)cc4)nc32)c1C. The summed E-state index contributed by atoms with van der Waals surface area (Å²) in [6, 6.07) is 13.2. The molecule has 2 aromatic heterocycles. The Kier molecular flexibility index (Phi) is 5.74. The van der Waals surface area contributed by atoms with Gasteiger partial charge in [0.25, 0.3) is 5.56 Å². The fraction of sp³-hybridized carbons (Fsp3) is 0.143. The fourth-order valence-corrected chi connectivity index (χ4v) is 3.89. The van der Waals surface area contributed by atoms with E-state index in [4.69, 9.17) is 0 Å². The van der Waals surface area contributed by atoms with Gasteiger partial charge in [-0.1, -0.05) is 39.8 Å². The van der Waals surface area contributed by atoms with Gasteiger partial charge in [-0.05, 0) is 55.3 Å². The van der Waals surface area contributed by atoms with Gasteiger partial charge in [-0.2, -0.15) is 5.10 Å². The van der Waals surface area contributed by atoms with Crippen molar-refractivity contribution in [3.8, 4) is 5.69 Å². The van der Waals surface area contributed by atoms with E-state index in [1.807, 2.05) is 56.3 Å². The van der Waals surface area contributed by atoms with Gasteiger partial charge in [-0.25, -0.2) is 9.67 Å². The van der Waals surface area contributed by atoms with E-state index in [9.17, 15) is 9.59 Å². The van der Waals surface area contributed by atoms with Crippen molar-refractivity contribution >= 4 is 50.3 Å². The second kappa shape index (κ2) is 8.45. The Morgan fingerprint density at radius 2 is 1.97 bits per heavy atom. The number of aryl methyl sites for hydroxylation is 1. The van der Waals surface area contributed by atoms with Crippen molar-refractivity contribution in [1.29, 1.82) is 0 Å². The smallest absolute Gasteiger partial charge is 0.262 e. The molecule has 0 spiro atoms. The van der Waals surface area contributed by atoms with Crippen LogP contribution in [0, 0.1) is 13.8 Å². The van der Waals surface area contributed by atoms with Crippen LogP contribution in [0.5, 0.6) is 0 Å². The first-order valence-electron chi connectivity index (χ1n) is 9.15. The molecule has 0 aliphatic heterocycles. The highest BCUT2D eigenvalue weighted by Crippen LogP contribution is 2.22. The molecule has 7 nitrogen and oxygen atoms in total. The molecule has 0 unspecified atom stereocenters. The lowest BCUT2D eigenvalue weighted by Gasteiger charge is -2.09. The lowest BCUT2D eigenvalue weighted by atomic mass is 10.1. The van der Waals surface area contributed by atoms with E-state index < -0.39 is 0 Å². The zero-order valence-corrected chi connectivity index (χ0v) is 18.7. The van der Waals surface area contributed by atoms with Crippen molar-refractivity contribution in [2.75, 3.05) is 11.1 Å². The molecule has 2 aromatic carbocycles. The molecule has 0 saturated heterocycles. The number of carbonyl (C=O) groups is 1. The lowest BCUT2D eigenvalue weighted by Crippen LogP contribution is -2.15. The number of hydrogen-bond donors (Lipinski definition) is 2. The Labute approximate surface area is 185 Å². The van der Waals surface area contributed by atoms with Gasteiger partial charge in [-0.3, -0.25) is 9.59 Å². The minimum atomic E-state index is -0.285. The van der Waals surface area contributed by atoms with Gasteiger partial charge in [0.2, 0.25) is 5.91 Å². The quantitative estimate of drug-likeness (QED) is 0.327. The summed E-state index contributed by atoms with van der Waals surface area (Å²) in [6.45, 7) is 4.03. The lowest BCUT2D eigenvalue weighted by molar-refractivity contribution is -0.113. The second-order valence-electron chi connectivity index (χ2n) is 6.73. The summed E-state index contributed by atoms with van der Waals surface area (Å²) in [4.78, 5) is 32.0. The van der Waals surface area contributed by atoms with Gasteiger partial charge in [0.15, 0.2) is 10.8 Å². The Balaban J connectivity index is 1.58. The van der Waals surface area contributed by atoms with Crippen LogP contribution >= 0.6 is 27.7 Å². The third-order valence-corrected chi connectivity index (χ3v) is 6.09. The monoisotopic (exact) mass is 483 g/mol. The van der Waals surface area contributed by atoms with E-state index in [0.717, 1.165) is 21.3 Å². The highest BCUT2D eigenvalue weighted by Gasteiger charge is 2.14. The van der Waals surface area contributed by atoms with Crippen LogP contribution < -0.4 is 10.9 Å². The van der Waals surface area contributed by atoms with Gasteiger partial charge in [0.1, 0.15) is 5.39 Å². The fourth-order valence-electron chi connectivity index (χ4n) is 2.97. The topological polar surface area (TPSA) is 92.7 Å². The number of halogens is 1. The van der Waals surface area contributed by atoms with Gasteiger partial charge in [-0.15, -0.1) is 0 Å². The number of H-pyrrole nitrogens is 1. The van der Waals surface area contributed by atoms with Crippen molar-refractivity contribution < 1.29 is 4.79 Å². The van der Waals surface area contributed by atoms with Crippen molar-refractivity contribution in [3.63, 3.8) is 0 Å². The Morgan fingerprint density at radius 3 is 2.73 bits per heavy atom. The van der Waals surface area contributed by atoms with E-state index in [2.05, 4.69) is 36.3 Å². The van der Waals surface area contributed by atoms with Gasteiger partial charge < -0.3 is 10.3 Å². The standard InChI is InChI=1S/C21H18BrN5O2S/c1-12-4-3-5-17(13(12)2)27-19-16(10-23-27)20(29)26-21(25-19)30-11-18(28)24-15-8-6-14(22)7-9-15/h3-10H,11H2,1-2H3,(H,24,28)(H,25,26,29). The van der Waals surface area contributed by atoms with E-state index in [1.54, 1.807) is 4.68 Å². The van der Waals surface area contributed by atoms with Crippen LogP contribution in [0.15, 0.2) is 63.1 Å². The molecule has 4 aromatic rings. The van der Waals surface area contributed by atoms with Gasteiger partial charge in [0, 0.05) is 10.2 Å². The molecular weight excluding hydrogens is 466 g/mol. The molecule has 1 amide bonds. The molecular formula is C21H18BrN5O2S. The number of anilines is 1. The van der Waals surface area contributed by atoms with E-state index >= 15 is 0 Å². The maximum atomic E-state index is 12.5. The molecule has 0 aliphatic carbocycles. The normalized spacial score (nSPS) is 11.0. The summed E-state index contributed by atoms with van der Waals surface area (Å²) in [6.07, 6.45) is 1.51. The number of amides is 1. The van der Waals surface area contributed by atoms with E-state index in [0.29, 0.717) is 21.9 Å². The van der Waals surface area contributed by atoms with Crippen LogP contribution in [0.1, 0.15) is 11.1 Å². The molecule has 0 aliphatic rings. The average molecular weight is 484 g/mol. The Morgan fingerprint density at radius 1 is 1.20 bits per heavy atom. The molecule has 0 atom stereocenters. The minimum Gasteiger partial charge on any atom is -0.325 e. The largest absolute Gasteiger partial charge is 0.325 e. The van der Waals surface area contributed by atoms with Crippen LogP contribution in [-0.4, -0.2) is 31.4 Å². The molecule has 4 rings (SSSR count). The molecule has 0 saturated carbocycles. The number of aromatic nitrogens is 4. The average Bonchev–Trinajstić information content (AvgIpc) is 3.15. The number of thioether (sulfide) groups is 1. The number of carbonyl (C=O) groups excluding carboxylic acids is 1. The van der Waals surface area contributed by atoms with Crippen molar-refractivity contribution in [3.05, 3.63) is 74.6 Å². The van der Waals surface area contributed by atoms with Crippen molar-refractivity contribution in [1.82, 2.24) is 19.7 Å². The summed E-state index contributed by atoms with van der Waals surface area (Å²) in [5.74, 6) is -0.0737. The molecule has 2 N–H and O–H groups in total. The van der Waals surface area contributed by atoms with Gasteiger partial charge >= 0.3 is 0 Å². The number of benzene rings is 2. The summed E-state index contributed by atoms with van der Waals surface area (Å²) in [5.41, 5.74) is 3.93. The molecule has 152 valence electrons. The van der Waals surface area contributed by atoms with Crippen molar-refractivity contribution in [2.24, 2.45) is 0 Å². The van der Waals surface area contributed by atoms with Crippen LogP contribution in [0.4, 0.5) is 5.69 Å². The summed E-state index contributed by atoms with van der Waals surface area (Å²) >= 11 is 4.53. The maximum absolute atomic E-state index is 12.5. The van der Waals surface area contributed by atoms with E-state index in [-0.39, 0.29) is 17.2 Å². The number of hydrogen-bond acceptors (Lipinski definition) is 5. The molecule has 9 heteroatoms. The van der Waals surface area contributed by atoms with Crippen LogP contribution in [0.25, 0.3) is 16.7 Å². The number of fused-ring (bicyclic) bond motifs is 1. The molecule has 30 heavy (non-hydrogen) atoms. The van der Waals surface area contributed by atoms with Crippen LogP contribution in [-0.2, 0) is 4.79 Å². The molecule has 2 heterocycles. The molecule has 0 bridgehead atoms. The van der Waals surface area contributed by atoms with E-state index in [1.165, 1.54) is 18.0 Å². The van der Waals surface area contributed by atoms with Crippen LogP contribution in [0.3, 0.4) is 0 Å². The number of nitrogens with zero attached hydrogens (tertiary/aromatic N) is 3. The summed E-state index contributed by atoms with van der Waals surface area (Å²) in [5, 5.41) is 7.96. The zero-order valence-electron chi connectivity index (χ0n) is 16.3. The third-order valence-electron chi connectivity index (χ3n) is 4.69. The molecule has 0 fully saturated rings. The number of nitrogens with one attached hydrogen (secondary N) is 2. The Hall–Kier alpha value is -2.91. The summed E-state index contributed by atoms with van der Waals surface area (Å²) < 4.78 is 2.60. The first-order chi connectivity index (χ1) is 14.4. The zero-order chi connectivity index (χ0) is 21.3. The third kappa shape index (κ3) is 4.17. The molecule has 0 radical (unpaired) electrons. The highest BCUT2D eigenvalue weighted by atomic mass is 79.9. The maximum Gasteiger partial charge on any atom is 0.262 e. The second-order valence-corrected chi connectivity index (χ2v) is 8.61. The van der Waals surface area contributed by atoms with Crippen LogP contribution in [0.2, 0.25) is 0 Å². The van der Waals surface area contributed by atoms with Gasteiger partial charge in [0.05, 0.1) is 17.6 Å². The predicted molar refractivity (Wildman–Crippen MR) is 122 cm³/mol.